The smallest absolute Gasteiger partial charge is 0.156 e. The third kappa shape index (κ3) is 3.27. The number of rotatable bonds is 3. The molecule has 1 rings (SSSR count). The lowest BCUT2D eigenvalue weighted by Crippen LogP contribution is -2.45. The predicted molar refractivity (Wildman–Crippen MR) is 43.8 cm³/mol. The van der Waals surface area contributed by atoms with Gasteiger partial charge in [0.25, 0.3) is 0 Å². The second-order valence-corrected chi connectivity index (χ2v) is 3.06. The number of hydrogen-bond donors (Lipinski definition) is 1. The van der Waals surface area contributed by atoms with E-state index in [1.54, 1.807) is 0 Å². The molecule has 74 valence electrons. The largest absolute Gasteiger partial charge is 0.389 e. The molecule has 1 fully saturated rings. The molecule has 0 radical (unpaired) electrons. The summed E-state index contributed by atoms with van der Waals surface area (Å²) in [6.07, 6.45) is -1.39. The van der Waals surface area contributed by atoms with Crippen LogP contribution in [0.5, 0.6) is 0 Å². The lowest BCUT2D eigenvalue weighted by Gasteiger charge is -2.30. The van der Waals surface area contributed by atoms with E-state index in [0.717, 1.165) is 0 Å². The third-order valence-corrected chi connectivity index (χ3v) is 1.94. The molecule has 5 heteroatoms. The summed E-state index contributed by atoms with van der Waals surface area (Å²) in [6.45, 7) is 1.10. The van der Waals surface area contributed by atoms with E-state index in [2.05, 4.69) is 0 Å². The lowest BCUT2D eigenvalue weighted by atomic mass is 10.2. The van der Waals surface area contributed by atoms with Gasteiger partial charge in [0.2, 0.25) is 0 Å². The summed E-state index contributed by atoms with van der Waals surface area (Å²) in [4.78, 5) is 1.83. The second-order valence-electron chi connectivity index (χ2n) is 3.06. The standard InChI is InChI=1S/C8H13FN2O2/c9-3-7(12)5-11-1-2-13-8(4-10)6-11/h7-8,12H,1-3,5-6H2. The van der Waals surface area contributed by atoms with Crippen molar-refractivity contribution >= 4 is 0 Å². The van der Waals surface area contributed by atoms with Crippen LogP contribution in [0.4, 0.5) is 4.39 Å². The van der Waals surface area contributed by atoms with Crippen molar-refractivity contribution in [1.82, 2.24) is 4.90 Å². The number of halogens is 1. The zero-order chi connectivity index (χ0) is 9.68. The Hall–Kier alpha value is -0.700. The zero-order valence-corrected chi connectivity index (χ0v) is 7.32. The number of morpholine rings is 1. The van der Waals surface area contributed by atoms with Gasteiger partial charge in [-0.2, -0.15) is 5.26 Å². The average Bonchev–Trinajstić information content (AvgIpc) is 2.18. The van der Waals surface area contributed by atoms with E-state index < -0.39 is 18.9 Å². The molecule has 1 heterocycles. The summed E-state index contributed by atoms with van der Waals surface area (Å²) >= 11 is 0. The molecule has 2 atom stereocenters. The van der Waals surface area contributed by atoms with Crippen LogP contribution in [0.1, 0.15) is 0 Å². The monoisotopic (exact) mass is 188 g/mol. The molecule has 0 aromatic rings. The maximum Gasteiger partial charge on any atom is 0.156 e. The third-order valence-electron chi connectivity index (χ3n) is 1.94. The Labute approximate surface area is 76.5 Å². The van der Waals surface area contributed by atoms with Crippen molar-refractivity contribution in [3.05, 3.63) is 0 Å². The van der Waals surface area contributed by atoms with Crippen LogP contribution in [0.2, 0.25) is 0 Å². The van der Waals surface area contributed by atoms with Crippen LogP contribution in [0.3, 0.4) is 0 Å². The van der Waals surface area contributed by atoms with Crippen molar-refractivity contribution in [2.24, 2.45) is 0 Å². The van der Waals surface area contributed by atoms with Crippen molar-refractivity contribution < 1.29 is 14.2 Å². The SMILES string of the molecule is N#CC1CN(CC(O)CF)CCO1. The van der Waals surface area contributed by atoms with Gasteiger partial charge in [-0.3, -0.25) is 4.90 Å². The average molecular weight is 188 g/mol. The van der Waals surface area contributed by atoms with Gasteiger partial charge in [-0.15, -0.1) is 0 Å². The Kier molecular flexibility index (Phi) is 4.09. The molecule has 1 N–H and O–H groups in total. The number of ether oxygens (including phenoxy) is 1. The highest BCUT2D eigenvalue weighted by molar-refractivity contribution is 4.89. The minimum atomic E-state index is -0.947. The molecule has 0 spiro atoms. The highest BCUT2D eigenvalue weighted by Crippen LogP contribution is 2.04. The number of nitriles is 1. The normalized spacial score (nSPS) is 26.7. The molecule has 1 saturated heterocycles. The maximum absolute atomic E-state index is 11.9. The molecule has 0 amide bonds. The van der Waals surface area contributed by atoms with Gasteiger partial charge in [0.15, 0.2) is 6.10 Å². The van der Waals surface area contributed by atoms with Gasteiger partial charge in [0.05, 0.1) is 18.8 Å². The molecule has 13 heavy (non-hydrogen) atoms. The van der Waals surface area contributed by atoms with Crippen molar-refractivity contribution in [3.63, 3.8) is 0 Å². The number of aliphatic hydroxyl groups is 1. The van der Waals surface area contributed by atoms with Crippen molar-refractivity contribution in [2.45, 2.75) is 12.2 Å². The van der Waals surface area contributed by atoms with Gasteiger partial charge >= 0.3 is 0 Å². The topological polar surface area (TPSA) is 56.5 Å². The molecular weight excluding hydrogens is 175 g/mol. The molecule has 1 aliphatic rings. The summed E-state index contributed by atoms with van der Waals surface area (Å²) in [6, 6.07) is 1.99. The number of aliphatic hydroxyl groups excluding tert-OH is 1. The Balaban J connectivity index is 2.30. The second kappa shape index (κ2) is 5.12. The first-order valence-corrected chi connectivity index (χ1v) is 4.24. The summed E-state index contributed by atoms with van der Waals surface area (Å²) in [5, 5.41) is 17.6. The van der Waals surface area contributed by atoms with E-state index in [1.165, 1.54) is 0 Å². The fourth-order valence-electron chi connectivity index (χ4n) is 1.29. The first-order valence-electron chi connectivity index (χ1n) is 4.24. The molecule has 0 aliphatic carbocycles. The number of nitrogens with zero attached hydrogens (tertiary/aromatic N) is 2. The van der Waals surface area contributed by atoms with Gasteiger partial charge in [0.1, 0.15) is 6.67 Å². The molecule has 4 nitrogen and oxygen atoms in total. The lowest BCUT2D eigenvalue weighted by molar-refractivity contribution is -0.0184. The van der Waals surface area contributed by atoms with Crippen LogP contribution in [0.25, 0.3) is 0 Å². The summed E-state index contributed by atoms with van der Waals surface area (Å²) in [7, 11) is 0. The fraction of sp³-hybridized carbons (Fsp3) is 0.875. The van der Waals surface area contributed by atoms with E-state index in [0.29, 0.717) is 19.7 Å². The van der Waals surface area contributed by atoms with E-state index in [1.807, 2.05) is 11.0 Å². The number of β-amino-alcohol motifs (C(OH)–C–C–N with tert-alkyl or cyclic N) is 1. The van der Waals surface area contributed by atoms with E-state index in [4.69, 9.17) is 15.1 Å². The van der Waals surface area contributed by atoms with Crippen LogP contribution >= 0.6 is 0 Å². The highest BCUT2D eigenvalue weighted by atomic mass is 19.1. The molecule has 0 bridgehead atoms. The van der Waals surface area contributed by atoms with Gasteiger partial charge in [-0.05, 0) is 0 Å². The highest BCUT2D eigenvalue weighted by Gasteiger charge is 2.21. The number of hydrogen-bond acceptors (Lipinski definition) is 4. The Bertz CT molecular complexity index is 195. The van der Waals surface area contributed by atoms with Gasteiger partial charge < -0.3 is 9.84 Å². The molecular formula is C8H13FN2O2. The minimum Gasteiger partial charge on any atom is -0.389 e. The van der Waals surface area contributed by atoms with Gasteiger partial charge in [-0.1, -0.05) is 0 Å². The van der Waals surface area contributed by atoms with Crippen LogP contribution in [-0.2, 0) is 4.74 Å². The van der Waals surface area contributed by atoms with Crippen molar-refractivity contribution in [2.75, 3.05) is 32.9 Å². The zero-order valence-electron chi connectivity index (χ0n) is 7.32. The van der Waals surface area contributed by atoms with Gasteiger partial charge in [0, 0.05) is 19.6 Å². The molecule has 0 aromatic carbocycles. The van der Waals surface area contributed by atoms with Gasteiger partial charge in [-0.25, -0.2) is 4.39 Å². The van der Waals surface area contributed by atoms with Crippen LogP contribution in [-0.4, -0.2) is 55.1 Å². The molecule has 1 aliphatic heterocycles. The summed E-state index contributed by atoms with van der Waals surface area (Å²) < 4.78 is 17.0. The van der Waals surface area contributed by atoms with Crippen LogP contribution in [0.15, 0.2) is 0 Å². The van der Waals surface area contributed by atoms with Crippen LogP contribution in [0, 0.1) is 11.3 Å². The first-order chi connectivity index (χ1) is 6.26. The number of alkyl halides is 1. The maximum atomic E-state index is 11.9. The van der Waals surface area contributed by atoms with Crippen molar-refractivity contribution in [1.29, 1.82) is 5.26 Å². The van der Waals surface area contributed by atoms with E-state index in [-0.39, 0.29) is 6.54 Å². The van der Waals surface area contributed by atoms with Crippen LogP contribution < -0.4 is 0 Å². The molecule has 2 unspecified atom stereocenters. The minimum absolute atomic E-state index is 0.276. The summed E-state index contributed by atoms with van der Waals surface area (Å²) in [5.74, 6) is 0. The van der Waals surface area contributed by atoms with E-state index >= 15 is 0 Å². The molecule has 0 aromatic heterocycles. The Morgan fingerprint density at radius 2 is 2.54 bits per heavy atom. The van der Waals surface area contributed by atoms with E-state index in [9.17, 15) is 4.39 Å². The van der Waals surface area contributed by atoms with Crippen molar-refractivity contribution in [3.8, 4) is 6.07 Å². The summed E-state index contributed by atoms with van der Waals surface area (Å²) in [5.41, 5.74) is 0. The quantitative estimate of drug-likeness (QED) is 0.651. The predicted octanol–water partition coefficient (Wildman–Crippen LogP) is -0.459. The fourth-order valence-corrected chi connectivity index (χ4v) is 1.29. The Morgan fingerprint density at radius 3 is 3.15 bits per heavy atom. The molecule has 0 saturated carbocycles. The first kappa shape index (κ1) is 10.4. The Morgan fingerprint density at radius 1 is 1.77 bits per heavy atom.